The van der Waals surface area contributed by atoms with Crippen LogP contribution in [0.15, 0.2) is 0 Å². The number of carbonyl (C=O) groups excluding carboxylic acids is 4. The Labute approximate surface area is 243 Å². The van der Waals surface area contributed by atoms with Crippen LogP contribution >= 0.6 is 0 Å². The Bertz CT molecular complexity index is 829. The van der Waals surface area contributed by atoms with Crippen LogP contribution in [-0.2, 0) is 42.9 Å². The van der Waals surface area contributed by atoms with Crippen LogP contribution in [0.5, 0.6) is 0 Å². The van der Waals surface area contributed by atoms with Gasteiger partial charge in [-0.05, 0) is 25.2 Å². The summed E-state index contributed by atoms with van der Waals surface area (Å²) in [5.41, 5.74) is 5.25. The highest BCUT2D eigenvalue weighted by Crippen LogP contribution is 2.10. The zero-order valence-electron chi connectivity index (χ0n) is 24.5. The fraction of sp³-hybridized carbons (Fsp3) is 0.786. The minimum absolute atomic E-state index is 0.00269. The second-order valence-corrected chi connectivity index (χ2v) is 9.74. The van der Waals surface area contributed by atoms with E-state index >= 15 is 0 Å². The molecule has 0 spiro atoms. The Morgan fingerprint density at radius 3 is 2.07 bits per heavy atom. The normalized spacial score (nSPS) is 15.6. The highest BCUT2D eigenvalue weighted by atomic mass is 16.6. The maximum absolute atomic E-state index is 11.9. The lowest BCUT2D eigenvalue weighted by Gasteiger charge is -2.18. The number of hydrogen-bond donors (Lipinski definition) is 4. The van der Waals surface area contributed by atoms with E-state index in [0.717, 1.165) is 32.1 Å². The van der Waals surface area contributed by atoms with E-state index in [1.54, 1.807) is 13.8 Å². The lowest BCUT2D eigenvalue weighted by molar-refractivity contribution is -0.129. The first kappa shape index (κ1) is 36.3. The fourth-order valence-electron chi connectivity index (χ4n) is 3.58. The van der Waals surface area contributed by atoms with Crippen molar-refractivity contribution in [3.63, 3.8) is 0 Å². The summed E-state index contributed by atoms with van der Waals surface area (Å²) in [7, 11) is 0. The average molecular weight is 585 g/mol. The third-order valence-electron chi connectivity index (χ3n) is 5.84. The first-order valence-corrected chi connectivity index (χ1v) is 14.3. The second kappa shape index (κ2) is 23.9. The number of carbonyl (C=O) groups is 4. The van der Waals surface area contributed by atoms with Crippen molar-refractivity contribution in [3.05, 3.63) is 0 Å². The first-order valence-electron chi connectivity index (χ1n) is 14.3. The van der Waals surface area contributed by atoms with E-state index in [1.807, 2.05) is 0 Å². The van der Waals surface area contributed by atoms with Crippen LogP contribution in [0.1, 0.15) is 52.4 Å². The largest absolute Gasteiger partial charge is 0.379 e. The lowest BCUT2D eigenvalue weighted by Crippen LogP contribution is -2.50. The van der Waals surface area contributed by atoms with Crippen molar-refractivity contribution in [1.82, 2.24) is 16.0 Å². The van der Waals surface area contributed by atoms with E-state index in [9.17, 15) is 19.2 Å². The molecule has 4 amide bonds. The highest BCUT2D eigenvalue weighted by Gasteiger charge is 2.21. The molecule has 234 valence electrons. The molecule has 13 nitrogen and oxygen atoms in total. The molecule has 0 aromatic carbocycles. The topological polar surface area (TPSA) is 177 Å². The monoisotopic (exact) mass is 584 g/mol. The molecule has 0 aromatic heterocycles. The van der Waals surface area contributed by atoms with Gasteiger partial charge in [-0.25, -0.2) is 0 Å². The van der Waals surface area contributed by atoms with Gasteiger partial charge in [-0.3, -0.25) is 19.2 Å². The maximum Gasteiger partial charge on any atom is 0.246 e. The minimum atomic E-state index is -0.783. The molecule has 0 fully saturated rings. The predicted octanol–water partition coefficient (Wildman–Crippen LogP) is -0.346. The molecule has 0 saturated carbocycles. The molecule has 13 heteroatoms. The van der Waals surface area contributed by atoms with Crippen LogP contribution < -0.4 is 21.7 Å². The van der Waals surface area contributed by atoms with Crippen LogP contribution in [-0.4, -0.2) is 108 Å². The molecule has 0 aliphatic heterocycles. The van der Waals surface area contributed by atoms with Crippen LogP contribution in [0, 0.1) is 17.8 Å². The summed E-state index contributed by atoms with van der Waals surface area (Å²) in [4.78, 5) is 46.8. The van der Waals surface area contributed by atoms with E-state index in [-0.39, 0.29) is 50.0 Å². The standard InChI is InChI=1S/C28H48N4O9/c1-22(2)27(28(29)36)32-25(34)20-31-24(33)10-12-37-14-16-39-18-19-40-17-15-38-13-11-30-26(35)21-41-23-8-6-4-3-5-7-9-23/h22-23,27H,3-6,8,10-21H2,1-2H3,(H2,29,36)(H,30,35)(H,31,33)(H,32,34). The van der Waals surface area contributed by atoms with Crippen LogP contribution in [0.25, 0.3) is 0 Å². The highest BCUT2D eigenvalue weighted by molar-refractivity contribution is 5.89. The number of ether oxygens (including phenoxy) is 5. The van der Waals surface area contributed by atoms with E-state index in [1.165, 1.54) is 0 Å². The predicted molar refractivity (Wildman–Crippen MR) is 150 cm³/mol. The molecule has 1 aliphatic rings. The molecule has 1 rings (SSSR count). The van der Waals surface area contributed by atoms with E-state index in [0.29, 0.717) is 52.8 Å². The molecular weight excluding hydrogens is 536 g/mol. The number of hydrogen-bond acceptors (Lipinski definition) is 9. The molecule has 5 N–H and O–H groups in total. The van der Waals surface area contributed by atoms with Gasteiger partial charge in [0, 0.05) is 19.4 Å². The third kappa shape index (κ3) is 20.7. The van der Waals surface area contributed by atoms with Gasteiger partial charge in [-0.2, -0.15) is 0 Å². The fourth-order valence-corrected chi connectivity index (χ4v) is 3.58. The molecular formula is C28H48N4O9. The van der Waals surface area contributed by atoms with Gasteiger partial charge in [0.25, 0.3) is 0 Å². The van der Waals surface area contributed by atoms with E-state index in [4.69, 9.17) is 29.4 Å². The van der Waals surface area contributed by atoms with Crippen molar-refractivity contribution in [3.8, 4) is 11.8 Å². The van der Waals surface area contributed by atoms with E-state index in [2.05, 4.69) is 27.8 Å². The maximum atomic E-state index is 11.9. The van der Waals surface area contributed by atoms with Crippen LogP contribution in [0.2, 0.25) is 0 Å². The number of rotatable bonds is 23. The smallest absolute Gasteiger partial charge is 0.246 e. The Morgan fingerprint density at radius 1 is 0.805 bits per heavy atom. The average Bonchev–Trinajstić information content (AvgIpc) is 2.91. The lowest BCUT2D eigenvalue weighted by atomic mass is 10.0. The molecule has 41 heavy (non-hydrogen) atoms. The zero-order chi connectivity index (χ0) is 30.1. The number of primary amides is 1. The molecule has 2 unspecified atom stereocenters. The van der Waals surface area contributed by atoms with Gasteiger partial charge in [0.15, 0.2) is 0 Å². The summed E-state index contributed by atoms with van der Waals surface area (Å²) in [6, 6.07) is -0.783. The molecule has 1 aliphatic carbocycles. The van der Waals surface area contributed by atoms with Gasteiger partial charge < -0.3 is 45.4 Å². The number of amides is 4. The molecule has 0 saturated heterocycles. The van der Waals surface area contributed by atoms with Crippen molar-refractivity contribution in [2.75, 3.05) is 72.6 Å². The van der Waals surface area contributed by atoms with Gasteiger partial charge in [0.2, 0.25) is 23.6 Å². The Morgan fingerprint density at radius 2 is 1.44 bits per heavy atom. The van der Waals surface area contributed by atoms with Crippen molar-refractivity contribution < 1.29 is 42.9 Å². The van der Waals surface area contributed by atoms with Gasteiger partial charge in [0.05, 0.1) is 59.4 Å². The van der Waals surface area contributed by atoms with Gasteiger partial charge >= 0.3 is 0 Å². The molecule has 0 heterocycles. The SMILES string of the molecule is CC(C)C(NC(=O)CNC(=O)CCOCCOCCOCCOCCNC(=O)COC1C#CCCCCC1)C(N)=O. The molecule has 0 aromatic rings. The van der Waals surface area contributed by atoms with Crippen molar-refractivity contribution in [2.24, 2.45) is 11.7 Å². The summed E-state index contributed by atoms with van der Waals surface area (Å²) in [6.07, 6.45) is 5.06. The third-order valence-corrected chi connectivity index (χ3v) is 5.84. The van der Waals surface area contributed by atoms with Gasteiger partial charge in [0.1, 0.15) is 18.8 Å². The zero-order valence-corrected chi connectivity index (χ0v) is 24.5. The first-order chi connectivity index (χ1) is 19.8. The Balaban J connectivity index is 1.85. The molecule has 2 atom stereocenters. The summed E-state index contributed by atoms with van der Waals surface area (Å²) in [5.74, 6) is 4.39. The van der Waals surface area contributed by atoms with Crippen molar-refractivity contribution >= 4 is 23.6 Å². The number of nitrogens with one attached hydrogen (secondary N) is 3. The van der Waals surface area contributed by atoms with Crippen molar-refractivity contribution in [1.29, 1.82) is 0 Å². The second-order valence-electron chi connectivity index (χ2n) is 9.74. The molecule has 0 radical (unpaired) electrons. The summed E-state index contributed by atoms with van der Waals surface area (Å²) >= 11 is 0. The Hall–Kier alpha value is -2.76. The van der Waals surface area contributed by atoms with Crippen LogP contribution in [0.4, 0.5) is 0 Å². The summed E-state index contributed by atoms with van der Waals surface area (Å²) in [5, 5.41) is 7.72. The summed E-state index contributed by atoms with van der Waals surface area (Å²) < 4.78 is 27.2. The summed E-state index contributed by atoms with van der Waals surface area (Å²) in [6.45, 7) is 6.52. The van der Waals surface area contributed by atoms with Gasteiger partial charge in [-0.1, -0.05) is 26.2 Å². The van der Waals surface area contributed by atoms with Crippen molar-refractivity contribution in [2.45, 2.75) is 64.5 Å². The Kier molecular flexibility index (Phi) is 21.1. The number of nitrogens with two attached hydrogens (primary N) is 1. The quantitative estimate of drug-likeness (QED) is 0.0924. The van der Waals surface area contributed by atoms with Gasteiger partial charge in [-0.15, -0.1) is 5.92 Å². The van der Waals surface area contributed by atoms with Crippen LogP contribution in [0.3, 0.4) is 0 Å². The minimum Gasteiger partial charge on any atom is -0.379 e. The van der Waals surface area contributed by atoms with E-state index < -0.39 is 17.9 Å². The molecule has 0 bridgehead atoms.